The summed E-state index contributed by atoms with van der Waals surface area (Å²) in [6.07, 6.45) is 8.64. The van der Waals surface area contributed by atoms with E-state index in [4.69, 9.17) is 15.9 Å². The lowest BCUT2D eigenvalue weighted by Crippen LogP contribution is -2.51. The lowest BCUT2D eigenvalue weighted by Gasteiger charge is -2.36. The molecule has 2 fully saturated rings. The first-order valence-corrected chi connectivity index (χ1v) is 22.5. The highest BCUT2D eigenvalue weighted by Crippen LogP contribution is 2.44. The zero-order chi connectivity index (χ0) is 46.0. The van der Waals surface area contributed by atoms with Crippen LogP contribution < -0.4 is 16.4 Å². The molecule has 1 saturated carbocycles. The molecule has 2 amide bonds. The quantitative estimate of drug-likeness (QED) is 0.0264. The number of sulfone groups is 1. The molecule has 0 spiro atoms. The van der Waals surface area contributed by atoms with Gasteiger partial charge in [0.2, 0.25) is 27.6 Å². The molecule has 0 bridgehead atoms. The van der Waals surface area contributed by atoms with Gasteiger partial charge in [-0.2, -0.15) is 4.98 Å². The standard InChI is InChI=1S/C44H49FN8O6S.C3H8/c1-6-53-42(41(59-26(2)3)27(4)34(22-46)23-47)50-44(51-53)48-38-13-12-36(21-37(38)45)60(57,58)35-9-7-8-28(19-35)16-29-17-32(18-29)30-10-11-31(25-54)33(20-30)24-52(5)39-14-15-40(55)49-43(39)56;1-3-2/h6-13,19-23,25-26,29,32,39,46H,1,14-18,24,47H2,2-5H3,(H,48,51)(H,49,55,56);3H2,1-2H3/b34-23+,41-27-,46-22?;. The van der Waals surface area contributed by atoms with Crippen LogP contribution in [0.5, 0.6) is 0 Å². The summed E-state index contributed by atoms with van der Waals surface area (Å²) in [4.78, 5) is 42.1. The summed E-state index contributed by atoms with van der Waals surface area (Å²) >= 11 is 0. The second-order valence-corrected chi connectivity index (χ2v) is 18.0. The molecule has 5 N–H and O–H groups in total. The normalized spacial score (nSPS) is 18.1. The molecule has 2 aliphatic rings. The number of aldehydes is 1. The number of nitrogens with one attached hydrogen (secondary N) is 3. The Labute approximate surface area is 368 Å². The van der Waals surface area contributed by atoms with Gasteiger partial charge in [-0.25, -0.2) is 17.5 Å². The second kappa shape index (κ2) is 21.2. The molecule has 1 atom stereocenters. The first-order chi connectivity index (χ1) is 30.1. The summed E-state index contributed by atoms with van der Waals surface area (Å²) in [5, 5.41) is 17.3. The summed E-state index contributed by atoms with van der Waals surface area (Å²) in [6.45, 7) is 13.8. The second-order valence-electron chi connectivity index (χ2n) is 16.1. The van der Waals surface area contributed by atoms with Crippen molar-refractivity contribution in [3.8, 4) is 0 Å². The van der Waals surface area contributed by atoms with Crippen molar-refractivity contribution in [3.05, 3.63) is 118 Å². The maximum atomic E-state index is 15.6. The first-order valence-electron chi connectivity index (χ1n) is 21.0. The van der Waals surface area contributed by atoms with Crippen molar-refractivity contribution in [2.45, 2.75) is 108 Å². The Morgan fingerprint density at radius 1 is 1.13 bits per heavy atom. The Bertz CT molecular complexity index is 2530. The topological polar surface area (TPSA) is 202 Å². The third-order valence-corrected chi connectivity index (χ3v) is 12.6. The van der Waals surface area contributed by atoms with Crippen molar-refractivity contribution in [3.63, 3.8) is 0 Å². The number of anilines is 2. The minimum Gasteiger partial charge on any atom is -0.487 e. The molecule has 1 aliphatic heterocycles. The van der Waals surface area contributed by atoms with E-state index in [1.54, 1.807) is 19.1 Å². The van der Waals surface area contributed by atoms with E-state index in [9.17, 15) is 22.8 Å². The first kappa shape index (κ1) is 47.8. The van der Waals surface area contributed by atoms with E-state index in [1.165, 1.54) is 41.7 Å². The highest BCUT2D eigenvalue weighted by Gasteiger charge is 2.33. The molecule has 1 aliphatic carbocycles. The number of carbonyl (C=O) groups is 3. The number of imide groups is 1. The van der Waals surface area contributed by atoms with Crippen LogP contribution >= 0.6 is 0 Å². The summed E-state index contributed by atoms with van der Waals surface area (Å²) in [7, 11) is -2.28. The lowest BCUT2D eigenvalue weighted by molar-refractivity contribution is -0.137. The van der Waals surface area contributed by atoms with Crippen LogP contribution in [-0.4, -0.2) is 71.6 Å². The van der Waals surface area contributed by atoms with E-state index in [2.05, 4.69) is 41.1 Å². The maximum absolute atomic E-state index is 15.6. The number of hydrogen-bond acceptors (Lipinski definition) is 12. The van der Waals surface area contributed by atoms with E-state index in [0.29, 0.717) is 47.8 Å². The van der Waals surface area contributed by atoms with Crippen molar-refractivity contribution in [2.75, 3.05) is 12.4 Å². The number of likely N-dealkylation sites (N-methyl/N-ethyl adjacent to an activating group) is 1. The Hall–Kier alpha value is -6.26. The molecule has 14 nitrogen and oxygen atoms in total. The van der Waals surface area contributed by atoms with Gasteiger partial charge in [-0.3, -0.25) is 24.6 Å². The highest BCUT2D eigenvalue weighted by molar-refractivity contribution is 7.91. The Kier molecular flexibility index (Phi) is 16.1. The molecule has 6 rings (SSSR count). The number of amides is 2. The molecule has 1 aromatic heterocycles. The minimum atomic E-state index is -4.09. The van der Waals surface area contributed by atoms with Gasteiger partial charge in [0.1, 0.15) is 12.1 Å². The van der Waals surface area contributed by atoms with E-state index in [0.717, 1.165) is 48.1 Å². The molecule has 334 valence electrons. The van der Waals surface area contributed by atoms with Crippen LogP contribution in [0.15, 0.2) is 94.4 Å². The predicted molar refractivity (Wildman–Crippen MR) is 242 cm³/mol. The summed E-state index contributed by atoms with van der Waals surface area (Å²) in [5.74, 6) is -0.369. The van der Waals surface area contributed by atoms with Gasteiger partial charge < -0.3 is 21.2 Å². The van der Waals surface area contributed by atoms with Gasteiger partial charge in [0, 0.05) is 48.3 Å². The monoisotopic (exact) mass is 880 g/mol. The molecule has 1 unspecified atom stereocenters. The number of halogens is 1. The van der Waals surface area contributed by atoms with Crippen LogP contribution in [0.2, 0.25) is 0 Å². The average molecular weight is 881 g/mol. The molecule has 0 radical (unpaired) electrons. The molecule has 3 aromatic carbocycles. The maximum Gasteiger partial charge on any atom is 0.247 e. The summed E-state index contributed by atoms with van der Waals surface area (Å²) in [6, 6.07) is 15.6. The van der Waals surface area contributed by atoms with Crippen LogP contribution in [0.25, 0.3) is 12.0 Å². The van der Waals surface area contributed by atoms with E-state index in [-0.39, 0.29) is 57.5 Å². The van der Waals surface area contributed by atoms with Crippen molar-refractivity contribution in [1.29, 1.82) is 5.41 Å². The Morgan fingerprint density at radius 3 is 2.46 bits per heavy atom. The van der Waals surface area contributed by atoms with Gasteiger partial charge in [-0.05, 0) is 112 Å². The van der Waals surface area contributed by atoms with Crippen LogP contribution in [-0.2, 0) is 37.1 Å². The number of rotatable bonds is 17. The number of piperidine rings is 1. The molecule has 63 heavy (non-hydrogen) atoms. The Morgan fingerprint density at radius 2 is 1.84 bits per heavy atom. The van der Waals surface area contributed by atoms with E-state index in [1.807, 2.05) is 50.1 Å². The van der Waals surface area contributed by atoms with Crippen LogP contribution in [0.3, 0.4) is 0 Å². The number of nitrogens with two attached hydrogens (primary N) is 1. The molecule has 4 aromatic rings. The van der Waals surface area contributed by atoms with Crippen LogP contribution in [0.1, 0.15) is 106 Å². The zero-order valence-corrected chi connectivity index (χ0v) is 37.5. The zero-order valence-electron chi connectivity index (χ0n) is 36.7. The summed E-state index contributed by atoms with van der Waals surface area (Å²) in [5.41, 5.74) is 9.89. The van der Waals surface area contributed by atoms with Crippen LogP contribution in [0.4, 0.5) is 16.0 Å². The summed E-state index contributed by atoms with van der Waals surface area (Å²) < 4.78 is 50.6. The molecular formula is C47H57FN8O6S. The fourth-order valence-electron chi connectivity index (χ4n) is 7.60. The lowest BCUT2D eigenvalue weighted by atomic mass is 9.69. The van der Waals surface area contributed by atoms with Crippen LogP contribution in [0, 0.1) is 17.1 Å². The number of nitrogens with zero attached hydrogens (tertiary/aromatic N) is 4. The number of ether oxygens (including phenoxy) is 1. The van der Waals surface area contributed by atoms with Crippen molar-refractivity contribution in [1.82, 2.24) is 25.0 Å². The molecule has 16 heteroatoms. The van der Waals surface area contributed by atoms with Gasteiger partial charge in [-0.15, -0.1) is 5.10 Å². The molecule has 2 heterocycles. The average Bonchev–Trinajstić information content (AvgIpc) is 3.64. The fraction of sp³-hybridized carbons (Fsp3) is 0.362. The minimum absolute atomic E-state index is 0.00747. The smallest absolute Gasteiger partial charge is 0.247 e. The van der Waals surface area contributed by atoms with E-state index >= 15 is 4.39 Å². The fourth-order valence-corrected chi connectivity index (χ4v) is 8.94. The van der Waals surface area contributed by atoms with Crippen molar-refractivity contribution < 1.29 is 31.9 Å². The Balaban J connectivity index is 0.00000242. The number of allylic oxidation sites excluding steroid dienone is 2. The third kappa shape index (κ3) is 11.4. The molecular weight excluding hydrogens is 824 g/mol. The number of aromatic nitrogens is 3. The number of carbonyl (C=O) groups excluding carboxylic acids is 3. The van der Waals surface area contributed by atoms with Crippen molar-refractivity contribution >= 4 is 57.7 Å². The number of hydrogen-bond donors (Lipinski definition) is 4. The molecule has 1 saturated heterocycles. The SMILES string of the molecule is C=Cn1nc(Nc2ccc(S(=O)(=O)c3cccc(CC4CC(c5ccc(C=O)c(CN(C)C6CCC(=O)NC6=O)c5)C4)c3)cc2F)nc1/C(OC(C)C)=C(C)/C(C=N)=C/N.CCC. The van der Waals surface area contributed by atoms with Gasteiger partial charge in [-0.1, -0.05) is 57.2 Å². The predicted octanol–water partition coefficient (Wildman–Crippen LogP) is 7.94. The van der Waals surface area contributed by atoms with Gasteiger partial charge >= 0.3 is 0 Å². The van der Waals surface area contributed by atoms with Gasteiger partial charge in [0.15, 0.2) is 11.6 Å². The van der Waals surface area contributed by atoms with E-state index < -0.39 is 21.7 Å². The van der Waals surface area contributed by atoms with Gasteiger partial charge in [0.05, 0.1) is 27.6 Å². The third-order valence-electron chi connectivity index (χ3n) is 10.9. The highest BCUT2D eigenvalue weighted by atomic mass is 32.2. The van der Waals surface area contributed by atoms with Crippen molar-refractivity contribution in [2.24, 2.45) is 11.7 Å². The largest absolute Gasteiger partial charge is 0.487 e. The van der Waals surface area contributed by atoms with Gasteiger partial charge in [0.25, 0.3) is 0 Å². The number of benzene rings is 3.